The molecule has 306 valence electrons. The molecule has 1 saturated heterocycles. The molecule has 0 radical (unpaired) electrons. The number of fused-ring (bicyclic) bond motifs is 1. The van der Waals surface area contributed by atoms with E-state index in [0.717, 1.165) is 24.8 Å². The van der Waals surface area contributed by atoms with Crippen molar-refractivity contribution in [3.05, 3.63) is 35.9 Å². The summed E-state index contributed by atoms with van der Waals surface area (Å²) in [4.78, 5) is 95.5. The summed E-state index contributed by atoms with van der Waals surface area (Å²) < 4.78 is 5.34. The van der Waals surface area contributed by atoms with Gasteiger partial charge >= 0.3 is 5.97 Å². The fourth-order valence-corrected chi connectivity index (χ4v) is 7.85. The Balaban J connectivity index is 1.69. The van der Waals surface area contributed by atoms with Crippen molar-refractivity contribution in [2.24, 2.45) is 29.6 Å². The molecule has 12 heteroatoms. The van der Waals surface area contributed by atoms with Crippen LogP contribution in [0.3, 0.4) is 0 Å². The molecule has 3 rings (SSSR count). The van der Waals surface area contributed by atoms with E-state index < -0.39 is 59.2 Å². The Hall–Kier alpha value is -4.09. The highest BCUT2D eigenvalue weighted by Gasteiger charge is 2.51. The van der Waals surface area contributed by atoms with Crippen LogP contribution in [-0.2, 0) is 38.3 Å². The molecule has 1 aromatic rings. The topological polar surface area (TPSA) is 168 Å². The van der Waals surface area contributed by atoms with Crippen molar-refractivity contribution in [2.75, 3.05) is 6.54 Å². The molecular weight excluding hydrogens is 700 g/mol. The standard InChI is InChI=1S/C43H66N4O8/c1-10-17-34(38(50)41(53)44-28(6)29-18-12-11-13-19-29)45-40(52)37-32-22-16-20-30(32)25-47(37)42(54)36(27(4)5)46-39(51)33(26(2)3)24-31(48)21-14-15-23-35(49)55-43(7,8)9/h11-13,18-19,26-28,30,32-34,36-37H,10,14-17,20-25H2,1-9H3,(H,44,53)(H,45,52)(H,46,51)/t28-,30-,32-,33-,34?,36-,37?/m0/s1. The minimum absolute atomic E-state index is 0.0123. The van der Waals surface area contributed by atoms with E-state index in [-0.39, 0.29) is 67.0 Å². The van der Waals surface area contributed by atoms with E-state index in [1.165, 1.54) is 0 Å². The smallest absolute Gasteiger partial charge is 0.306 e. The van der Waals surface area contributed by atoms with Gasteiger partial charge in [0.25, 0.3) is 5.91 Å². The normalized spacial score (nSPS) is 20.3. The number of unbranched alkanes of at least 4 members (excludes halogenated alkanes) is 1. The summed E-state index contributed by atoms with van der Waals surface area (Å²) in [5.41, 5.74) is 0.276. The molecule has 2 fully saturated rings. The number of Topliss-reactive ketones (excluding diaryl/α,β-unsaturated/α-hetero) is 2. The number of benzene rings is 1. The van der Waals surface area contributed by atoms with Gasteiger partial charge in [-0.25, -0.2) is 0 Å². The highest BCUT2D eigenvalue weighted by Crippen LogP contribution is 2.43. The number of amides is 4. The molecule has 3 N–H and O–H groups in total. The molecule has 1 aromatic carbocycles. The molecular formula is C43H66N4O8. The van der Waals surface area contributed by atoms with E-state index in [4.69, 9.17) is 4.74 Å². The van der Waals surface area contributed by atoms with Crippen LogP contribution in [0.25, 0.3) is 0 Å². The quantitative estimate of drug-likeness (QED) is 0.0874. The molecule has 7 atom stereocenters. The Morgan fingerprint density at radius 2 is 1.51 bits per heavy atom. The van der Waals surface area contributed by atoms with Gasteiger partial charge in [0.2, 0.25) is 23.5 Å². The summed E-state index contributed by atoms with van der Waals surface area (Å²) in [6, 6.07) is 6.04. The van der Waals surface area contributed by atoms with E-state index in [1.54, 1.807) is 32.6 Å². The van der Waals surface area contributed by atoms with Crippen LogP contribution in [0.4, 0.5) is 0 Å². The van der Waals surface area contributed by atoms with Crippen molar-refractivity contribution in [1.29, 1.82) is 0 Å². The number of nitrogens with zero attached hydrogens (tertiary/aromatic N) is 1. The monoisotopic (exact) mass is 766 g/mol. The van der Waals surface area contributed by atoms with Gasteiger partial charge < -0.3 is 25.6 Å². The third-order valence-corrected chi connectivity index (χ3v) is 10.8. The minimum Gasteiger partial charge on any atom is -0.460 e. The lowest BCUT2D eigenvalue weighted by Gasteiger charge is -2.33. The van der Waals surface area contributed by atoms with E-state index >= 15 is 0 Å². The highest BCUT2D eigenvalue weighted by molar-refractivity contribution is 6.38. The van der Waals surface area contributed by atoms with Crippen LogP contribution < -0.4 is 16.0 Å². The number of likely N-dealkylation sites (tertiary alicyclic amines) is 1. The second kappa shape index (κ2) is 20.7. The first-order chi connectivity index (χ1) is 25.8. The lowest BCUT2D eigenvalue weighted by atomic mass is 9.88. The van der Waals surface area contributed by atoms with Gasteiger partial charge in [-0.2, -0.15) is 0 Å². The van der Waals surface area contributed by atoms with Crippen LogP contribution >= 0.6 is 0 Å². The number of hydrogen-bond acceptors (Lipinski definition) is 8. The fourth-order valence-electron chi connectivity index (χ4n) is 7.85. The van der Waals surface area contributed by atoms with Gasteiger partial charge in [-0.1, -0.05) is 77.8 Å². The fraction of sp³-hybridized carbons (Fsp3) is 0.698. The van der Waals surface area contributed by atoms with Crippen LogP contribution in [0.5, 0.6) is 0 Å². The van der Waals surface area contributed by atoms with Crippen LogP contribution in [0.15, 0.2) is 30.3 Å². The number of ether oxygens (including phenoxy) is 1. The number of nitrogens with one attached hydrogen (secondary N) is 3. The summed E-state index contributed by atoms with van der Waals surface area (Å²) in [5, 5.41) is 8.57. The van der Waals surface area contributed by atoms with Crippen molar-refractivity contribution in [1.82, 2.24) is 20.9 Å². The SMILES string of the molecule is CCCC(NC(=O)C1[C@H]2CCC[C@H]2CN1C(=O)[C@@H](NC(=O)[C@@H](CC(=O)CCCCC(=O)OC(C)(C)C)C(C)C)C(C)C)C(=O)C(=O)N[C@@H](C)c1ccccc1. The van der Waals surface area contributed by atoms with Crippen molar-refractivity contribution in [3.8, 4) is 0 Å². The Bertz CT molecular complexity index is 1500. The zero-order valence-electron chi connectivity index (χ0n) is 34.6. The molecule has 55 heavy (non-hydrogen) atoms. The molecule has 0 aromatic heterocycles. The van der Waals surface area contributed by atoms with Crippen LogP contribution in [-0.4, -0.2) is 76.3 Å². The summed E-state index contributed by atoms with van der Waals surface area (Å²) in [6.07, 6.45) is 4.81. The Morgan fingerprint density at radius 3 is 2.11 bits per heavy atom. The lowest BCUT2D eigenvalue weighted by molar-refractivity contribution is -0.155. The Morgan fingerprint density at radius 1 is 0.855 bits per heavy atom. The molecule has 0 bridgehead atoms. The van der Waals surface area contributed by atoms with Crippen LogP contribution in [0, 0.1) is 29.6 Å². The largest absolute Gasteiger partial charge is 0.460 e. The third-order valence-electron chi connectivity index (χ3n) is 10.8. The van der Waals surface area contributed by atoms with Crippen LogP contribution in [0.2, 0.25) is 0 Å². The summed E-state index contributed by atoms with van der Waals surface area (Å²) >= 11 is 0. The van der Waals surface area contributed by atoms with Crippen molar-refractivity contribution < 1.29 is 38.3 Å². The third kappa shape index (κ3) is 13.3. The van der Waals surface area contributed by atoms with E-state index in [2.05, 4.69) is 16.0 Å². The summed E-state index contributed by atoms with van der Waals surface area (Å²) in [7, 11) is 0. The van der Waals surface area contributed by atoms with Crippen molar-refractivity contribution in [2.45, 2.75) is 156 Å². The maximum absolute atomic E-state index is 14.4. The molecule has 1 aliphatic carbocycles. The first-order valence-electron chi connectivity index (χ1n) is 20.4. The average Bonchev–Trinajstić information content (AvgIpc) is 3.72. The average molecular weight is 767 g/mol. The lowest BCUT2D eigenvalue weighted by Crippen LogP contribution is -2.59. The second-order valence-electron chi connectivity index (χ2n) is 17.2. The predicted octanol–water partition coefficient (Wildman–Crippen LogP) is 5.62. The molecule has 1 aliphatic heterocycles. The zero-order valence-corrected chi connectivity index (χ0v) is 34.6. The van der Waals surface area contributed by atoms with E-state index in [0.29, 0.717) is 25.8 Å². The molecule has 2 unspecified atom stereocenters. The van der Waals surface area contributed by atoms with Crippen molar-refractivity contribution in [3.63, 3.8) is 0 Å². The zero-order chi connectivity index (χ0) is 41.0. The minimum atomic E-state index is -1.06. The number of hydrogen-bond donors (Lipinski definition) is 3. The van der Waals surface area contributed by atoms with Gasteiger partial charge in [-0.15, -0.1) is 0 Å². The number of carbonyl (C=O) groups is 7. The number of ketones is 2. The predicted molar refractivity (Wildman–Crippen MR) is 210 cm³/mol. The number of esters is 1. The van der Waals surface area contributed by atoms with Crippen molar-refractivity contribution >= 4 is 41.2 Å². The molecule has 12 nitrogen and oxygen atoms in total. The summed E-state index contributed by atoms with van der Waals surface area (Å²) in [5.74, 6) is -4.31. The first-order valence-corrected chi connectivity index (χ1v) is 20.4. The van der Waals surface area contributed by atoms with Crippen LogP contribution in [0.1, 0.15) is 138 Å². The molecule has 2 aliphatic rings. The second-order valence-corrected chi connectivity index (χ2v) is 17.2. The number of carbonyl (C=O) groups excluding carboxylic acids is 7. The summed E-state index contributed by atoms with van der Waals surface area (Å²) in [6.45, 7) is 16.8. The van der Waals surface area contributed by atoms with Gasteiger partial charge in [0.05, 0.1) is 12.1 Å². The highest BCUT2D eigenvalue weighted by atomic mass is 16.6. The maximum atomic E-state index is 14.4. The molecule has 4 amide bonds. The van der Waals surface area contributed by atoms with Gasteiger partial charge in [-0.05, 0) is 89.0 Å². The van der Waals surface area contributed by atoms with Gasteiger partial charge in [0.1, 0.15) is 23.5 Å². The molecule has 1 heterocycles. The van der Waals surface area contributed by atoms with E-state index in [9.17, 15) is 33.6 Å². The van der Waals surface area contributed by atoms with Gasteiger partial charge in [0.15, 0.2) is 0 Å². The van der Waals surface area contributed by atoms with Gasteiger partial charge in [0, 0.05) is 31.7 Å². The molecule has 0 spiro atoms. The molecule has 1 saturated carbocycles. The first kappa shape index (κ1) is 45.3. The Labute approximate surface area is 328 Å². The number of rotatable bonds is 20. The Kier molecular flexibility index (Phi) is 17.1. The van der Waals surface area contributed by atoms with E-state index in [1.807, 2.05) is 65.0 Å². The van der Waals surface area contributed by atoms with Gasteiger partial charge in [-0.3, -0.25) is 33.6 Å². The maximum Gasteiger partial charge on any atom is 0.306 e.